The van der Waals surface area contributed by atoms with Crippen LogP contribution in [0.25, 0.3) is 0 Å². The third-order valence-electron chi connectivity index (χ3n) is 4.63. The Morgan fingerprint density at radius 1 is 1.14 bits per heavy atom. The predicted octanol–water partition coefficient (Wildman–Crippen LogP) is 3.13. The number of benzene rings is 1. The summed E-state index contributed by atoms with van der Waals surface area (Å²) in [5, 5.41) is 2.98. The molecule has 2 N–H and O–H groups in total. The Bertz CT molecular complexity index is 597. The fourth-order valence-corrected chi connectivity index (χ4v) is 2.81. The third-order valence-corrected chi connectivity index (χ3v) is 4.63. The number of unbranched alkanes of at least 4 members (excludes halogenated alkanes) is 1. The van der Waals surface area contributed by atoms with E-state index >= 15 is 0 Å². The lowest BCUT2D eigenvalue weighted by Crippen LogP contribution is -2.55. The van der Waals surface area contributed by atoms with Crippen molar-refractivity contribution in [3.05, 3.63) is 35.9 Å². The van der Waals surface area contributed by atoms with E-state index in [1.54, 1.807) is 14.1 Å². The van der Waals surface area contributed by atoms with E-state index in [2.05, 4.69) is 17.7 Å². The first kappa shape index (κ1) is 24.1. The largest absolute Gasteiger partial charge is 0.347 e. The van der Waals surface area contributed by atoms with Crippen LogP contribution in [-0.2, 0) is 21.0 Å². The van der Waals surface area contributed by atoms with Gasteiger partial charge in [-0.3, -0.25) is 14.4 Å². The van der Waals surface area contributed by atoms with E-state index in [-0.39, 0.29) is 23.1 Å². The zero-order valence-electron chi connectivity index (χ0n) is 18.2. The molecule has 0 bridgehead atoms. The molecule has 28 heavy (non-hydrogen) atoms. The van der Waals surface area contributed by atoms with Crippen molar-refractivity contribution in [2.24, 2.45) is 11.3 Å². The second-order valence-electron chi connectivity index (χ2n) is 8.50. The number of carbonyl (C=O) groups is 2. The standard InChI is InChI=1S/C22H37N3O3/c1-7-8-14-18(15-23-28-16-17-12-10-9-11-13-17)20(26)24-19(22(2,3)4)21(27)25(5)6/h9-13,18-19,23H,7-8,14-16H2,1-6H3,(H,24,26)/t18-,19-/m1/s1. The Morgan fingerprint density at radius 2 is 1.79 bits per heavy atom. The Labute approximate surface area is 170 Å². The maximum Gasteiger partial charge on any atom is 0.245 e. The summed E-state index contributed by atoms with van der Waals surface area (Å²) in [7, 11) is 3.42. The number of likely N-dealkylation sites (N-methyl/N-ethyl adjacent to an activating group) is 1. The van der Waals surface area contributed by atoms with Crippen LogP contribution in [0.15, 0.2) is 30.3 Å². The van der Waals surface area contributed by atoms with Crippen molar-refractivity contribution < 1.29 is 14.4 Å². The first-order valence-electron chi connectivity index (χ1n) is 10.1. The quantitative estimate of drug-likeness (QED) is 0.449. The van der Waals surface area contributed by atoms with Crippen molar-refractivity contribution in [3.63, 3.8) is 0 Å². The summed E-state index contributed by atoms with van der Waals surface area (Å²) < 4.78 is 0. The van der Waals surface area contributed by atoms with Crippen molar-refractivity contribution in [3.8, 4) is 0 Å². The summed E-state index contributed by atoms with van der Waals surface area (Å²) in [5.41, 5.74) is 3.62. The lowest BCUT2D eigenvalue weighted by Gasteiger charge is -2.33. The normalized spacial score (nSPS) is 13.6. The number of amides is 2. The van der Waals surface area contributed by atoms with Crippen LogP contribution in [-0.4, -0.2) is 43.4 Å². The molecule has 0 aliphatic heterocycles. The summed E-state index contributed by atoms with van der Waals surface area (Å²) in [6, 6.07) is 9.30. The molecule has 0 radical (unpaired) electrons. The topological polar surface area (TPSA) is 70.7 Å². The minimum atomic E-state index is -0.565. The first-order valence-corrected chi connectivity index (χ1v) is 10.1. The van der Waals surface area contributed by atoms with Crippen LogP contribution >= 0.6 is 0 Å². The van der Waals surface area contributed by atoms with Gasteiger partial charge in [-0.15, -0.1) is 0 Å². The molecule has 0 unspecified atom stereocenters. The highest BCUT2D eigenvalue weighted by atomic mass is 16.6. The van der Waals surface area contributed by atoms with Crippen molar-refractivity contribution in [1.29, 1.82) is 0 Å². The zero-order chi connectivity index (χ0) is 21.2. The summed E-state index contributed by atoms with van der Waals surface area (Å²) in [6.45, 7) is 8.82. The SMILES string of the molecule is CCCC[C@H](CNOCc1ccccc1)C(=O)N[C@H](C(=O)N(C)C)C(C)(C)C. The molecular weight excluding hydrogens is 354 g/mol. The molecule has 0 aromatic heterocycles. The number of hydrogen-bond acceptors (Lipinski definition) is 4. The molecule has 158 valence electrons. The summed E-state index contributed by atoms with van der Waals surface area (Å²) >= 11 is 0. The van der Waals surface area contributed by atoms with Crippen molar-refractivity contribution in [1.82, 2.24) is 15.7 Å². The van der Waals surface area contributed by atoms with Crippen LogP contribution in [0.3, 0.4) is 0 Å². The minimum Gasteiger partial charge on any atom is -0.347 e. The fraction of sp³-hybridized carbons (Fsp3) is 0.636. The maximum absolute atomic E-state index is 12.9. The number of carbonyl (C=O) groups excluding carboxylic acids is 2. The number of rotatable bonds is 11. The van der Waals surface area contributed by atoms with Crippen molar-refractivity contribution >= 4 is 11.8 Å². The van der Waals surface area contributed by atoms with Gasteiger partial charge in [-0.05, 0) is 17.4 Å². The number of nitrogens with one attached hydrogen (secondary N) is 2. The fourth-order valence-electron chi connectivity index (χ4n) is 2.81. The van der Waals surface area contributed by atoms with Gasteiger partial charge in [0.25, 0.3) is 0 Å². The highest BCUT2D eigenvalue weighted by Crippen LogP contribution is 2.21. The average molecular weight is 392 g/mol. The van der Waals surface area contributed by atoms with E-state index in [1.165, 1.54) is 4.90 Å². The van der Waals surface area contributed by atoms with Crippen LogP contribution in [0.1, 0.15) is 52.5 Å². The lowest BCUT2D eigenvalue weighted by atomic mass is 9.85. The molecule has 0 saturated heterocycles. The van der Waals surface area contributed by atoms with Gasteiger partial charge in [0.1, 0.15) is 6.04 Å². The molecule has 0 saturated carbocycles. The third kappa shape index (κ3) is 8.40. The van der Waals surface area contributed by atoms with Crippen LogP contribution < -0.4 is 10.8 Å². The molecule has 0 heterocycles. The summed E-state index contributed by atoms with van der Waals surface area (Å²) in [5.74, 6) is -0.460. The Balaban J connectivity index is 2.67. The average Bonchev–Trinajstić information content (AvgIpc) is 2.64. The molecular formula is C22H37N3O3. The maximum atomic E-state index is 12.9. The highest BCUT2D eigenvalue weighted by Gasteiger charge is 2.35. The molecule has 0 fully saturated rings. The van der Waals surface area contributed by atoms with Crippen LogP contribution in [0.5, 0.6) is 0 Å². The predicted molar refractivity (Wildman–Crippen MR) is 112 cm³/mol. The van der Waals surface area contributed by atoms with Gasteiger partial charge in [0.15, 0.2) is 0 Å². The first-order chi connectivity index (χ1) is 13.2. The smallest absolute Gasteiger partial charge is 0.245 e. The molecule has 0 aliphatic carbocycles. The Morgan fingerprint density at radius 3 is 2.32 bits per heavy atom. The van der Waals surface area contributed by atoms with E-state index in [9.17, 15) is 9.59 Å². The molecule has 0 spiro atoms. The minimum absolute atomic E-state index is 0.0941. The van der Waals surface area contributed by atoms with E-state index in [0.29, 0.717) is 13.2 Å². The Kier molecular flexibility index (Phi) is 10.2. The van der Waals surface area contributed by atoms with Crippen LogP contribution in [0.2, 0.25) is 0 Å². The second-order valence-corrected chi connectivity index (χ2v) is 8.50. The molecule has 2 amide bonds. The summed E-state index contributed by atoms with van der Waals surface area (Å²) in [6.07, 6.45) is 2.70. The molecule has 1 rings (SSSR count). The highest BCUT2D eigenvalue weighted by molar-refractivity contribution is 5.89. The monoisotopic (exact) mass is 391 g/mol. The molecule has 1 aromatic carbocycles. The van der Waals surface area contributed by atoms with Gasteiger partial charge < -0.3 is 10.2 Å². The van der Waals surface area contributed by atoms with Gasteiger partial charge in [0.2, 0.25) is 11.8 Å². The molecule has 2 atom stereocenters. The van der Waals surface area contributed by atoms with Crippen LogP contribution in [0, 0.1) is 11.3 Å². The van der Waals surface area contributed by atoms with Gasteiger partial charge in [-0.1, -0.05) is 70.9 Å². The number of hydroxylamine groups is 1. The van der Waals surface area contributed by atoms with E-state index in [4.69, 9.17) is 4.84 Å². The van der Waals surface area contributed by atoms with Gasteiger partial charge in [0, 0.05) is 20.6 Å². The van der Waals surface area contributed by atoms with Gasteiger partial charge >= 0.3 is 0 Å². The molecule has 0 aliphatic rings. The van der Waals surface area contributed by atoms with E-state index in [1.807, 2.05) is 51.1 Å². The van der Waals surface area contributed by atoms with Crippen molar-refractivity contribution in [2.75, 3.05) is 20.6 Å². The Hall–Kier alpha value is -1.92. The van der Waals surface area contributed by atoms with Gasteiger partial charge in [0.05, 0.1) is 12.5 Å². The van der Waals surface area contributed by atoms with Gasteiger partial charge in [-0.2, -0.15) is 0 Å². The number of nitrogens with zero attached hydrogens (tertiary/aromatic N) is 1. The zero-order valence-corrected chi connectivity index (χ0v) is 18.2. The molecule has 6 nitrogen and oxygen atoms in total. The molecule has 6 heteroatoms. The van der Waals surface area contributed by atoms with E-state index < -0.39 is 6.04 Å². The second kappa shape index (κ2) is 11.8. The van der Waals surface area contributed by atoms with Gasteiger partial charge in [-0.25, -0.2) is 5.48 Å². The molecule has 1 aromatic rings. The van der Waals surface area contributed by atoms with Crippen molar-refractivity contribution in [2.45, 2.75) is 59.6 Å². The number of hydrogen-bond donors (Lipinski definition) is 2. The lowest BCUT2D eigenvalue weighted by molar-refractivity contribution is -0.139. The van der Waals surface area contributed by atoms with E-state index in [0.717, 1.165) is 24.8 Å². The van der Waals surface area contributed by atoms with Crippen LogP contribution in [0.4, 0.5) is 0 Å². The summed E-state index contributed by atoms with van der Waals surface area (Å²) in [4.78, 5) is 32.5.